The molecule has 0 aliphatic carbocycles. The van der Waals surface area contributed by atoms with Gasteiger partial charge in [-0.05, 0) is 35.0 Å². The van der Waals surface area contributed by atoms with Crippen molar-refractivity contribution in [3.63, 3.8) is 0 Å². The monoisotopic (exact) mass is 361 g/mol. The normalized spacial score (nSPS) is 12.6. The molecule has 0 aliphatic heterocycles. The van der Waals surface area contributed by atoms with Crippen molar-refractivity contribution in [1.29, 1.82) is 0 Å². The fraction of sp³-hybridized carbons (Fsp3) is 0.200. The number of aromatic amines is 2. The first-order valence-electron chi connectivity index (χ1n) is 4.84. The molecule has 17 heavy (non-hydrogen) atoms. The van der Waals surface area contributed by atoms with E-state index in [0.29, 0.717) is 21.2 Å². The molecule has 0 aliphatic rings. The maximum absolute atomic E-state index is 11.5. The van der Waals surface area contributed by atoms with Crippen molar-refractivity contribution in [1.82, 2.24) is 9.97 Å². The Morgan fingerprint density at radius 1 is 1.35 bits per heavy atom. The topological polar surface area (TPSA) is 77.8 Å². The maximum Gasteiger partial charge on any atom is 0.323 e. The highest BCUT2D eigenvalue weighted by molar-refractivity contribution is 9.10. The summed E-state index contributed by atoms with van der Waals surface area (Å²) < 4.78 is 0.710. The van der Waals surface area contributed by atoms with Gasteiger partial charge in [0.2, 0.25) is 5.91 Å². The van der Waals surface area contributed by atoms with Gasteiger partial charge in [0.1, 0.15) is 0 Å². The van der Waals surface area contributed by atoms with E-state index >= 15 is 0 Å². The Morgan fingerprint density at radius 2 is 1.94 bits per heavy atom. The molecule has 1 atom stereocenters. The van der Waals surface area contributed by atoms with Crippen LogP contribution in [-0.4, -0.2) is 20.7 Å². The Kier molecular flexibility index (Phi) is 3.39. The number of aromatic nitrogens is 2. The van der Waals surface area contributed by atoms with Gasteiger partial charge in [0.15, 0.2) is 0 Å². The summed E-state index contributed by atoms with van der Waals surface area (Å²) in [6.07, 6.45) is 0. The van der Waals surface area contributed by atoms with Crippen molar-refractivity contribution in [2.45, 2.75) is 11.8 Å². The number of hydrogen-bond donors (Lipinski definition) is 3. The van der Waals surface area contributed by atoms with Crippen molar-refractivity contribution in [3.8, 4) is 0 Å². The highest BCUT2D eigenvalue weighted by Gasteiger charge is 2.12. The van der Waals surface area contributed by atoms with Gasteiger partial charge in [-0.3, -0.25) is 4.79 Å². The lowest BCUT2D eigenvalue weighted by Gasteiger charge is -2.08. The largest absolute Gasteiger partial charge is 0.324 e. The minimum Gasteiger partial charge on any atom is -0.324 e. The Bertz CT molecular complexity index is 630. The zero-order chi connectivity index (χ0) is 12.6. The molecule has 0 spiro atoms. The molecule has 0 saturated carbocycles. The SMILES string of the molecule is CC(Br)C(=O)Nc1cc2[nH]c(=O)[nH]c2cc1Br. The summed E-state index contributed by atoms with van der Waals surface area (Å²) in [4.78, 5) is 27.7. The summed E-state index contributed by atoms with van der Waals surface area (Å²) in [5, 5.41) is 2.74. The minimum absolute atomic E-state index is 0.150. The van der Waals surface area contributed by atoms with E-state index in [-0.39, 0.29) is 16.4 Å². The van der Waals surface area contributed by atoms with E-state index in [4.69, 9.17) is 0 Å². The van der Waals surface area contributed by atoms with Gasteiger partial charge < -0.3 is 15.3 Å². The number of carbonyl (C=O) groups is 1. The molecule has 0 saturated heterocycles. The van der Waals surface area contributed by atoms with Crippen molar-refractivity contribution in [2.75, 3.05) is 5.32 Å². The molecule has 1 aromatic carbocycles. The first-order valence-corrected chi connectivity index (χ1v) is 6.54. The Labute approximate surface area is 113 Å². The zero-order valence-corrected chi connectivity index (χ0v) is 12.0. The van der Waals surface area contributed by atoms with Crippen LogP contribution in [0.15, 0.2) is 21.4 Å². The van der Waals surface area contributed by atoms with Gasteiger partial charge in [-0.15, -0.1) is 0 Å². The summed E-state index contributed by atoms with van der Waals surface area (Å²) in [6.45, 7) is 1.74. The number of halogens is 2. The van der Waals surface area contributed by atoms with Crippen LogP contribution in [0.25, 0.3) is 11.0 Å². The molecule has 1 aromatic heterocycles. The molecule has 1 heterocycles. The molecule has 0 radical (unpaired) electrons. The van der Waals surface area contributed by atoms with Gasteiger partial charge in [0, 0.05) is 4.47 Å². The standard InChI is InChI=1S/C10H9Br2N3O2/c1-4(11)9(16)13-6-3-8-7(2-5(6)12)14-10(17)15-8/h2-4H,1H3,(H,13,16)(H2,14,15,17). The van der Waals surface area contributed by atoms with E-state index in [2.05, 4.69) is 47.1 Å². The molecule has 90 valence electrons. The second-order valence-corrected chi connectivity index (χ2v) is 5.79. The van der Waals surface area contributed by atoms with Crippen molar-refractivity contribution >= 4 is 54.5 Å². The summed E-state index contributed by atoms with van der Waals surface area (Å²) in [5.41, 5.74) is 1.68. The van der Waals surface area contributed by atoms with Crippen LogP contribution in [0.3, 0.4) is 0 Å². The van der Waals surface area contributed by atoms with Crippen LogP contribution in [-0.2, 0) is 4.79 Å². The lowest BCUT2D eigenvalue weighted by molar-refractivity contribution is -0.115. The summed E-state index contributed by atoms with van der Waals surface area (Å²) in [5.74, 6) is -0.150. The van der Waals surface area contributed by atoms with Crippen molar-refractivity contribution < 1.29 is 4.79 Å². The molecular formula is C10H9Br2N3O2. The highest BCUT2D eigenvalue weighted by Crippen LogP contribution is 2.26. The Morgan fingerprint density at radius 3 is 2.53 bits per heavy atom. The third-order valence-corrected chi connectivity index (χ3v) is 3.29. The van der Waals surface area contributed by atoms with Crippen LogP contribution in [0.2, 0.25) is 0 Å². The lowest BCUT2D eigenvalue weighted by atomic mass is 10.2. The van der Waals surface area contributed by atoms with Crippen LogP contribution >= 0.6 is 31.9 Å². The number of carbonyl (C=O) groups excluding carboxylic acids is 1. The zero-order valence-electron chi connectivity index (χ0n) is 8.80. The van der Waals surface area contributed by atoms with Crippen LogP contribution < -0.4 is 11.0 Å². The first kappa shape index (κ1) is 12.4. The summed E-state index contributed by atoms with van der Waals surface area (Å²) >= 11 is 6.52. The van der Waals surface area contributed by atoms with Gasteiger partial charge in [0.05, 0.1) is 21.5 Å². The van der Waals surface area contributed by atoms with E-state index < -0.39 is 0 Å². The number of benzene rings is 1. The average Bonchev–Trinajstić information content (AvgIpc) is 2.57. The molecule has 2 rings (SSSR count). The van der Waals surface area contributed by atoms with Crippen LogP contribution in [0.4, 0.5) is 5.69 Å². The average molecular weight is 363 g/mol. The van der Waals surface area contributed by atoms with Crippen LogP contribution in [0.1, 0.15) is 6.92 Å². The van der Waals surface area contributed by atoms with E-state index in [1.165, 1.54) is 0 Å². The van der Waals surface area contributed by atoms with E-state index in [1.54, 1.807) is 19.1 Å². The predicted octanol–water partition coefficient (Wildman–Crippen LogP) is 2.34. The third-order valence-electron chi connectivity index (χ3n) is 2.22. The van der Waals surface area contributed by atoms with Gasteiger partial charge in [-0.2, -0.15) is 0 Å². The number of hydrogen-bond acceptors (Lipinski definition) is 2. The smallest absolute Gasteiger partial charge is 0.323 e. The maximum atomic E-state index is 11.5. The quantitative estimate of drug-likeness (QED) is 0.717. The number of amides is 1. The molecule has 0 bridgehead atoms. The number of imidazole rings is 1. The molecule has 1 unspecified atom stereocenters. The highest BCUT2D eigenvalue weighted by atomic mass is 79.9. The van der Waals surface area contributed by atoms with E-state index in [0.717, 1.165) is 0 Å². The first-order chi connectivity index (χ1) is 7.97. The molecule has 2 aromatic rings. The van der Waals surface area contributed by atoms with E-state index in [9.17, 15) is 9.59 Å². The van der Waals surface area contributed by atoms with Gasteiger partial charge in [0.25, 0.3) is 0 Å². The van der Waals surface area contributed by atoms with E-state index in [1.807, 2.05) is 0 Å². The summed E-state index contributed by atoms with van der Waals surface area (Å²) in [6, 6.07) is 3.44. The van der Waals surface area contributed by atoms with Crippen LogP contribution in [0, 0.1) is 0 Å². The predicted molar refractivity (Wildman–Crippen MR) is 73.6 cm³/mol. The Balaban J connectivity index is 2.43. The van der Waals surface area contributed by atoms with Gasteiger partial charge >= 0.3 is 5.69 Å². The van der Waals surface area contributed by atoms with Gasteiger partial charge in [-0.25, -0.2) is 4.79 Å². The number of fused-ring (bicyclic) bond motifs is 1. The third kappa shape index (κ3) is 2.61. The number of nitrogens with one attached hydrogen (secondary N) is 3. The van der Waals surface area contributed by atoms with Gasteiger partial charge in [-0.1, -0.05) is 15.9 Å². The number of anilines is 1. The summed E-state index contributed by atoms with van der Waals surface area (Å²) in [7, 11) is 0. The second-order valence-electron chi connectivity index (χ2n) is 3.56. The molecule has 7 heteroatoms. The fourth-order valence-electron chi connectivity index (χ4n) is 1.38. The molecule has 0 fully saturated rings. The molecule has 5 nitrogen and oxygen atoms in total. The van der Waals surface area contributed by atoms with Crippen LogP contribution in [0.5, 0.6) is 0 Å². The van der Waals surface area contributed by atoms with Crippen molar-refractivity contribution in [2.24, 2.45) is 0 Å². The van der Waals surface area contributed by atoms with Crippen molar-refractivity contribution in [3.05, 3.63) is 27.1 Å². The molecule has 3 N–H and O–H groups in total. The minimum atomic E-state index is -0.282. The Hall–Kier alpha value is -1.08. The number of H-pyrrole nitrogens is 2. The number of rotatable bonds is 2. The number of alkyl halides is 1. The molecular weight excluding hydrogens is 354 g/mol. The fourth-order valence-corrected chi connectivity index (χ4v) is 1.94. The molecule has 1 amide bonds. The lowest BCUT2D eigenvalue weighted by Crippen LogP contribution is -2.20. The second kappa shape index (κ2) is 4.66.